The SMILES string of the molecule is C=CC(=O)Cl.COC[C@H]1C[C@H](n2nc(Br)c(C#N)c2Br)CN1C(=O)OC(C)(C)C.COC[C@H]1C[C@H](n2nc(Br)c(C#N)c2NCCN2CCOCC2)CN1C(=O)OC(C)(C)C.COC[C@H]1C[C@H](n2nc(Br)c(C(N)=O)c2NCCN2CCOCC2)CN1.COC[C@H]1C[C@H](n2nc(Br)c(C(N)=O)c2NCCN2CCOCC2)CN1C(=O)OC(C)(C)C.Cl.N=NN=NCl.NCCN1CCOCC1. The molecule has 8 atom stereocenters. The number of nitriles is 2. The Morgan fingerprint density at radius 1 is 0.519 bits per heavy atom. The highest BCUT2D eigenvalue weighted by atomic mass is 79.9. The lowest BCUT2D eigenvalue weighted by molar-refractivity contribution is -0.107. The first-order valence-electron chi connectivity index (χ1n) is 43.9. The number of nitrogens with two attached hydrogens (primary N) is 3. The third kappa shape index (κ3) is 39.0. The number of carbonyl (C=O) groups excluding carboxylic acids is 6. The van der Waals surface area contributed by atoms with E-state index in [2.05, 4.69) is 186 Å². The Labute approximate surface area is 847 Å². The minimum absolute atomic E-state index is 0. The van der Waals surface area contributed by atoms with Crippen LogP contribution in [0.5, 0.6) is 0 Å². The molecule has 8 aliphatic heterocycles. The second kappa shape index (κ2) is 60.4. The molecule has 0 unspecified atom stereocenters. The van der Waals surface area contributed by atoms with Crippen LogP contribution in [0.2, 0.25) is 0 Å². The monoisotopic (exact) mass is 2280 g/mol. The molecule has 11 N–H and O–H groups in total. The van der Waals surface area contributed by atoms with Gasteiger partial charge in [-0.15, -0.1) is 12.4 Å². The summed E-state index contributed by atoms with van der Waals surface area (Å²) in [6.07, 6.45) is 2.74. The van der Waals surface area contributed by atoms with Crippen molar-refractivity contribution in [2.24, 2.45) is 32.3 Å². The molecule has 8 saturated heterocycles. The Hall–Kier alpha value is -6.71. The van der Waals surface area contributed by atoms with Crippen molar-refractivity contribution in [1.29, 1.82) is 16.1 Å². The molecule has 12 rings (SSSR count). The van der Waals surface area contributed by atoms with Gasteiger partial charge in [0, 0.05) is 165 Å². The number of anilines is 3. The molecule has 8 fully saturated rings. The van der Waals surface area contributed by atoms with E-state index >= 15 is 0 Å². The lowest BCUT2D eigenvalue weighted by atomic mass is 10.2. The molecular weight excluding hydrogens is 2150 g/mol. The fourth-order valence-corrected chi connectivity index (χ4v) is 18.4. The van der Waals surface area contributed by atoms with Gasteiger partial charge in [-0.25, -0.2) is 28.4 Å². The Balaban J connectivity index is 0.000000298. The maximum absolute atomic E-state index is 12.8. The number of nitrogens with one attached hydrogen (secondary N) is 5. The van der Waals surface area contributed by atoms with Crippen molar-refractivity contribution in [3.05, 3.63) is 57.9 Å². The predicted octanol–water partition coefficient (Wildman–Crippen LogP) is 9.83. The van der Waals surface area contributed by atoms with Gasteiger partial charge < -0.3 is 105 Å². The van der Waals surface area contributed by atoms with Crippen LogP contribution in [0, 0.1) is 28.2 Å². The highest BCUT2D eigenvalue weighted by Crippen LogP contribution is 2.39. The second-order valence-corrected chi connectivity index (χ2v) is 39.0. The molecule has 0 bridgehead atoms. The number of carbonyl (C=O) groups is 6. The normalized spacial score (nSPS) is 21.0. The van der Waals surface area contributed by atoms with E-state index in [4.69, 9.17) is 86.4 Å². The minimum Gasteiger partial charge on any atom is -0.444 e. The number of halogens is 8. The van der Waals surface area contributed by atoms with Crippen molar-refractivity contribution in [1.82, 2.24) is 78.7 Å². The summed E-state index contributed by atoms with van der Waals surface area (Å²) < 4.78 is 71.5. The fourth-order valence-electron chi connectivity index (χ4n) is 15.5. The maximum Gasteiger partial charge on any atom is 0.410 e. The third-order valence-electron chi connectivity index (χ3n) is 21.5. The van der Waals surface area contributed by atoms with E-state index in [-0.39, 0.29) is 72.9 Å². The predicted molar refractivity (Wildman–Crippen MR) is 526 cm³/mol. The molecule has 760 valence electrons. The Morgan fingerprint density at radius 2 is 0.830 bits per heavy atom. The largest absolute Gasteiger partial charge is 0.444 e. The van der Waals surface area contributed by atoms with Crippen LogP contribution in [0.1, 0.15) is 144 Å². The van der Waals surface area contributed by atoms with Crippen molar-refractivity contribution >= 4 is 168 Å². The number of hydrogen-bond acceptors (Lipinski definition) is 34. The summed E-state index contributed by atoms with van der Waals surface area (Å²) in [6, 6.07) is 4.03. The van der Waals surface area contributed by atoms with Gasteiger partial charge in [0.1, 0.15) is 91.7 Å². The molecule has 45 nitrogen and oxygen atoms in total. The molecule has 0 aliphatic carbocycles. The molecule has 5 amide bonds. The zero-order valence-corrected chi connectivity index (χ0v) is 89.3. The molecule has 53 heteroatoms. The Kier molecular flexibility index (Phi) is 53.2. The zero-order valence-electron chi connectivity index (χ0n) is 79.0. The van der Waals surface area contributed by atoms with Crippen LogP contribution in [0.4, 0.5) is 31.8 Å². The average Bonchev–Trinajstić information content (AvgIpc) is 1.65. The number of allylic oxidation sites excluding steroid dienone is 1. The summed E-state index contributed by atoms with van der Waals surface area (Å²) in [5, 5.41) is 55.1. The molecule has 0 saturated carbocycles. The molecule has 8 aliphatic rings. The lowest BCUT2D eigenvalue weighted by Crippen LogP contribution is -2.41. The summed E-state index contributed by atoms with van der Waals surface area (Å²) in [5.41, 5.74) is 22.4. The van der Waals surface area contributed by atoms with Gasteiger partial charge in [-0.3, -0.25) is 38.7 Å². The van der Waals surface area contributed by atoms with Crippen molar-refractivity contribution in [2.45, 2.75) is 153 Å². The van der Waals surface area contributed by atoms with Crippen LogP contribution in [0.3, 0.4) is 0 Å². The van der Waals surface area contributed by atoms with Gasteiger partial charge in [-0.05, 0) is 196 Å². The van der Waals surface area contributed by atoms with Gasteiger partial charge in [0.25, 0.3) is 11.8 Å². The van der Waals surface area contributed by atoms with Crippen LogP contribution in [-0.2, 0) is 56.9 Å². The van der Waals surface area contributed by atoms with E-state index in [1.54, 1.807) is 52.5 Å². The number of likely N-dealkylation sites (tertiary alicyclic amines) is 3. The molecule has 135 heavy (non-hydrogen) atoms. The zero-order chi connectivity index (χ0) is 99.0. The van der Waals surface area contributed by atoms with Crippen LogP contribution in [-0.4, -0.2) is 388 Å². The van der Waals surface area contributed by atoms with Gasteiger partial charge in [-0.2, -0.15) is 36.4 Å². The van der Waals surface area contributed by atoms with Crippen molar-refractivity contribution in [3.63, 3.8) is 0 Å². The molecule has 12 heterocycles. The van der Waals surface area contributed by atoms with Crippen molar-refractivity contribution in [2.75, 3.05) is 255 Å². The number of amides is 5. The summed E-state index contributed by atoms with van der Waals surface area (Å²) in [5.74, 6) is 0.839. The highest BCUT2D eigenvalue weighted by molar-refractivity contribution is 9.11. The molecule has 0 aromatic carbocycles. The summed E-state index contributed by atoms with van der Waals surface area (Å²) in [7, 11) is 6.53. The first-order chi connectivity index (χ1) is 63.7. The van der Waals surface area contributed by atoms with E-state index < -0.39 is 40.0 Å². The molecule has 4 aromatic rings. The van der Waals surface area contributed by atoms with Gasteiger partial charge >= 0.3 is 18.3 Å². The lowest BCUT2D eigenvalue weighted by Gasteiger charge is -2.28. The summed E-state index contributed by atoms with van der Waals surface area (Å²) in [4.78, 5) is 86.1. The average molecular weight is 2290 g/mol. The number of methoxy groups -OCH3 is 4. The number of nitrogens with zero attached hydrogens (tertiary/aromatic N) is 20. The van der Waals surface area contributed by atoms with Gasteiger partial charge in [0.05, 0.1) is 133 Å². The number of hydrogen-bond donors (Lipinski definition) is 8. The number of primary amides is 2. The number of ether oxygens (including phenoxy) is 11. The van der Waals surface area contributed by atoms with Gasteiger partial charge in [-0.1, -0.05) is 11.2 Å². The van der Waals surface area contributed by atoms with E-state index in [9.17, 15) is 39.3 Å². The number of rotatable bonds is 30. The number of aromatic nitrogens is 8. The summed E-state index contributed by atoms with van der Waals surface area (Å²) >= 11 is 26.2. The molecule has 0 spiro atoms. The van der Waals surface area contributed by atoms with E-state index in [1.165, 1.54) is 0 Å². The number of morpholine rings is 4. The van der Waals surface area contributed by atoms with Crippen LogP contribution in [0.25, 0.3) is 0 Å². The first kappa shape index (κ1) is 119. The summed E-state index contributed by atoms with van der Waals surface area (Å²) in [6.45, 7) is 43.6. The van der Waals surface area contributed by atoms with E-state index in [0.29, 0.717) is 148 Å². The van der Waals surface area contributed by atoms with E-state index in [1.807, 2.05) is 71.7 Å². The Bertz CT molecular complexity index is 4470. The van der Waals surface area contributed by atoms with Crippen molar-refractivity contribution < 1.29 is 80.9 Å². The van der Waals surface area contributed by atoms with E-state index in [0.717, 1.165) is 157 Å². The fraction of sp³-hybridized carbons (Fsp3) is 0.732. The minimum atomic E-state index is -0.604. The molecular formula is C82H134Br5Cl3N28O17. The first-order valence-corrected chi connectivity index (χ1v) is 48.6. The van der Waals surface area contributed by atoms with Gasteiger partial charge in [0.15, 0.2) is 0 Å². The van der Waals surface area contributed by atoms with Crippen LogP contribution >= 0.6 is 115 Å². The van der Waals surface area contributed by atoms with Gasteiger partial charge in [0.2, 0.25) is 5.24 Å². The molecule has 0 radical (unpaired) electrons. The highest BCUT2D eigenvalue weighted by Gasteiger charge is 2.44. The smallest absolute Gasteiger partial charge is 0.410 e. The topological polar surface area (TPSA) is 533 Å². The van der Waals surface area contributed by atoms with Crippen LogP contribution < -0.4 is 38.5 Å². The standard InChI is InChI=1S/C21H35BrN6O5.C21H33BrN6O4.C16H27BrN6O3.C15H20Br2N4O3.C6H14N2O.C3H3ClO.ClHN4.ClH/c1-21(2,3)33-20(30)27-12-14(11-15(27)13-31-4)28-19(16(18(23)29)17(22)25-28)24-5-6-26-7-9-32-10-8-26;1-21(2,3)32-20(29)27-13-15(11-16(27)14-30-4)28-19(17(12-23)18(22)25-28)24-5-6-26-7-9-31-10-8-26;1-25-10-11-8-12(9-20-11)23-16(13(15(18)24)14(17)21-23)19-2-3-22-4-6-26-7-5-22;1-15(2,3)24-14(22)20-7-9(5-10(20)8-23-4)21-13(17)11(6-18)12(16)19-21;7-1-2-8-3-5-9-6-4-8;1-2-3(4)5;1-3-5-4-2;/h14-15,24H,5-13H2,1-4H3,(H2,23,29);15-16,24H,5-11,13-14H2,1-4H3;11-12,19-20H,2-10H2,1H3,(H2,18,24);9-10H,5,7-8H2,1-4H3;1-7H2;2H,1H2;2H;1H/t14-,15+;15-,16+;11-,12+;9-,10+;;;;/m0010..../s1. The van der Waals surface area contributed by atoms with Crippen molar-refractivity contribution in [3.8, 4) is 12.1 Å². The van der Waals surface area contributed by atoms with Crippen LogP contribution in [0.15, 0.2) is 50.8 Å². The second-order valence-electron chi connectivity index (χ2n) is 34.7. The maximum atomic E-state index is 12.8. The molecule has 4 aromatic heterocycles. The third-order valence-corrected chi connectivity index (χ3v) is 24.7. The Morgan fingerprint density at radius 3 is 1.13 bits per heavy atom. The quantitative estimate of drug-likeness (QED) is 0.00791.